The number of anilines is 1. The molecule has 1 aliphatic heterocycles. The molecule has 2 rings (SSSR count). The fraction of sp³-hybridized carbons (Fsp3) is 0.625. The molecule has 0 bridgehead atoms. The molecule has 20 heavy (non-hydrogen) atoms. The van der Waals surface area contributed by atoms with Crippen molar-refractivity contribution in [2.75, 3.05) is 18.0 Å². The van der Waals surface area contributed by atoms with Crippen molar-refractivity contribution in [2.45, 2.75) is 46.0 Å². The number of hydrogen-bond donors (Lipinski definition) is 1. The molecule has 4 heteroatoms. The maximum Gasteiger partial charge on any atom is 0.335 e. The molecule has 1 saturated heterocycles. The summed E-state index contributed by atoms with van der Waals surface area (Å²) < 4.78 is 0. The molecule has 110 valence electrons. The maximum absolute atomic E-state index is 11.3. The van der Waals surface area contributed by atoms with E-state index in [-0.39, 0.29) is 5.41 Å². The molecule has 2 heterocycles. The summed E-state index contributed by atoms with van der Waals surface area (Å²) in [7, 11) is 0. The van der Waals surface area contributed by atoms with Gasteiger partial charge in [0.2, 0.25) is 0 Å². The zero-order chi connectivity index (χ0) is 14.9. The Labute approximate surface area is 120 Å². The predicted molar refractivity (Wildman–Crippen MR) is 80.5 cm³/mol. The van der Waals surface area contributed by atoms with Crippen molar-refractivity contribution in [1.82, 2.24) is 4.98 Å². The number of carboxylic acid groups (broad SMARTS) is 1. The zero-order valence-electron chi connectivity index (χ0n) is 12.8. The Bertz CT molecular complexity index is 506. The number of aromatic nitrogens is 1. The molecule has 0 aliphatic carbocycles. The van der Waals surface area contributed by atoms with Gasteiger partial charge in [-0.2, -0.15) is 0 Å². The lowest BCUT2D eigenvalue weighted by Crippen LogP contribution is -2.24. The summed E-state index contributed by atoms with van der Waals surface area (Å²) in [4.78, 5) is 18.2. The minimum atomic E-state index is -0.884. The van der Waals surface area contributed by atoms with Gasteiger partial charge in [-0.1, -0.05) is 34.1 Å². The first-order chi connectivity index (χ1) is 9.31. The molecule has 1 N–H and O–H groups in total. The molecule has 0 spiro atoms. The quantitative estimate of drug-likeness (QED) is 0.920. The second kappa shape index (κ2) is 5.43. The molecule has 0 amide bonds. The zero-order valence-corrected chi connectivity index (χ0v) is 12.8. The molecule has 1 aromatic heterocycles. The van der Waals surface area contributed by atoms with Gasteiger partial charge in [0.15, 0.2) is 0 Å². The van der Waals surface area contributed by atoms with Gasteiger partial charge in [-0.05, 0) is 24.5 Å². The van der Waals surface area contributed by atoms with Crippen molar-refractivity contribution in [3.8, 4) is 0 Å². The van der Waals surface area contributed by atoms with Gasteiger partial charge >= 0.3 is 5.97 Å². The number of rotatable bonds is 3. The van der Waals surface area contributed by atoms with E-state index in [9.17, 15) is 9.90 Å². The second-order valence-corrected chi connectivity index (χ2v) is 6.66. The molecular weight excluding hydrogens is 252 g/mol. The van der Waals surface area contributed by atoms with E-state index < -0.39 is 5.97 Å². The highest BCUT2D eigenvalue weighted by Gasteiger charge is 2.25. The van der Waals surface area contributed by atoms with Crippen LogP contribution in [0.15, 0.2) is 12.1 Å². The van der Waals surface area contributed by atoms with E-state index in [4.69, 9.17) is 4.98 Å². The van der Waals surface area contributed by atoms with Crippen molar-refractivity contribution in [2.24, 2.45) is 5.92 Å². The molecule has 1 aromatic rings. The van der Waals surface area contributed by atoms with Gasteiger partial charge in [-0.25, -0.2) is 9.78 Å². The molecule has 1 fully saturated rings. The highest BCUT2D eigenvalue weighted by molar-refractivity contribution is 5.88. The Kier molecular flexibility index (Phi) is 4.02. The maximum atomic E-state index is 11.3. The Morgan fingerprint density at radius 2 is 2.15 bits per heavy atom. The van der Waals surface area contributed by atoms with E-state index in [2.05, 4.69) is 32.6 Å². The van der Waals surface area contributed by atoms with Crippen LogP contribution in [0.2, 0.25) is 0 Å². The van der Waals surface area contributed by atoms with Crippen molar-refractivity contribution < 1.29 is 9.90 Å². The fourth-order valence-electron chi connectivity index (χ4n) is 2.56. The highest BCUT2D eigenvalue weighted by Crippen LogP contribution is 2.28. The van der Waals surface area contributed by atoms with Crippen molar-refractivity contribution in [3.05, 3.63) is 23.4 Å². The summed E-state index contributed by atoms with van der Waals surface area (Å²) in [5.41, 5.74) is 1.02. The van der Waals surface area contributed by atoms with Gasteiger partial charge in [0.1, 0.15) is 5.82 Å². The van der Waals surface area contributed by atoms with Crippen molar-refractivity contribution in [1.29, 1.82) is 0 Å². The first-order valence-electron chi connectivity index (χ1n) is 7.32. The topological polar surface area (TPSA) is 53.4 Å². The summed E-state index contributed by atoms with van der Waals surface area (Å²) in [5.74, 6) is 0.625. The Morgan fingerprint density at radius 3 is 2.65 bits per heavy atom. The Morgan fingerprint density at radius 1 is 1.45 bits per heavy atom. The number of aromatic carboxylic acids is 1. The van der Waals surface area contributed by atoms with Crippen molar-refractivity contribution >= 4 is 11.8 Å². The van der Waals surface area contributed by atoms with Gasteiger partial charge in [-0.3, -0.25) is 0 Å². The third-order valence-corrected chi connectivity index (χ3v) is 4.01. The molecular formula is C16H24N2O2. The summed E-state index contributed by atoms with van der Waals surface area (Å²) in [6.45, 7) is 10.3. The van der Waals surface area contributed by atoms with Crippen LogP contribution < -0.4 is 4.90 Å². The van der Waals surface area contributed by atoms with Gasteiger partial charge < -0.3 is 10.0 Å². The van der Waals surface area contributed by atoms with Crippen LogP contribution in [0.1, 0.15) is 56.6 Å². The fourth-order valence-corrected chi connectivity index (χ4v) is 2.56. The van der Waals surface area contributed by atoms with E-state index in [0.29, 0.717) is 11.5 Å². The van der Waals surface area contributed by atoms with Crippen LogP contribution in [0.25, 0.3) is 0 Å². The first kappa shape index (κ1) is 14.8. The van der Waals surface area contributed by atoms with Crippen LogP contribution in [0.5, 0.6) is 0 Å². The van der Waals surface area contributed by atoms with E-state index in [1.165, 1.54) is 12.8 Å². The highest BCUT2D eigenvalue weighted by atomic mass is 16.4. The minimum absolute atomic E-state index is 0.149. The van der Waals surface area contributed by atoms with Gasteiger partial charge in [0.25, 0.3) is 0 Å². The number of hydrogen-bond acceptors (Lipinski definition) is 3. The van der Waals surface area contributed by atoms with Crippen LogP contribution in [-0.2, 0) is 5.41 Å². The summed E-state index contributed by atoms with van der Waals surface area (Å²) in [5, 5.41) is 9.29. The Hall–Kier alpha value is -1.58. The number of nitrogens with zero attached hydrogens (tertiary/aromatic N) is 2. The van der Waals surface area contributed by atoms with Crippen LogP contribution in [0, 0.1) is 5.92 Å². The average molecular weight is 276 g/mol. The largest absolute Gasteiger partial charge is 0.478 e. The van der Waals surface area contributed by atoms with Gasteiger partial charge in [0.05, 0.1) is 5.56 Å². The average Bonchev–Trinajstić information content (AvgIpc) is 2.86. The number of pyridine rings is 1. The van der Waals surface area contributed by atoms with Crippen LogP contribution >= 0.6 is 0 Å². The van der Waals surface area contributed by atoms with E-state index in [1.807, 2.05) is 0 Å². The molecule has 1 unspecified atom stereocenters. The van der Waals surface area contributed by atoms with E-state index in [1.54, 1.807) is 12.1 Å². The molecule has 4 nitrogen and oxygen atoms in total. The van der Waals surface area contributed by atoms with Crippen LogP contribution in [0.3, 0.4) is 0 Å². The van der Waals surface area contributed by atoms with E-state index in [0.717, 1.165) is 24.6 Å². The number of carbonyl (C=O) groups is 1. The van der Waals surface area contributed by atoms with E-state index >= 15 is 0 Å². The van der Waals surface area contributed by atoms with Gasteiger partial charge in [-0.15, -0.1) is 0 Å². The lowest BCUT2D eigenvalue weighted by molar-refractivity contribution is 0.0696. The third kappa shape index (κ3) is 3.11. The monoisotopic (exact) mass is 276 g/mol. The number of carboxylic acids is 1. The van der Waals surface area contributed by atoms with Gasteiger partial charge in [0, 0.05) is 24.2 Å². The lowest BCUT2D eigenvalue weighted by Gasteiger charge is -2.23. The summed E-state index contributed by atoms with van der Waals surface area (Å²) in [6.07, 6.45) is 2.33. The molecule has 0 saturated carbocycles. The molecule has 0 aromatic carbocycles. The normalized spacial score (nSPS) is 19.4. The van der Waals surface area contributed by atoms with Crippen molar-refractivity contribution in [3.63, 3.8) is 0 Å². The standard InChI is InChI=1S/C16H24N2O2/c1-5-11-6-7-18(10-11)14-9-12(15(19)20)8-13(17-14)16(2,3)4/h8-9,11H,5-7,10H2,1-4H3,(H,19,20). The molecule has 1 atom stereocenters. The molecule has 0 radical (unpaired) electrons. The predicted octanol–water partition coefficient (Wildman–Crippen LogP) is 3.31. The smallest absolute Gasteiger partial charge is 0.335 e. The summed E-state index contributed by atoms with van der Waals surface area (Å²) >= 11 is 0. The molecule has 1 aliphatic rings. The Balaban J connectivity index is 2.38. The lowest BCUT2D eigenvalue weighted by atomic mass is 9.90. The summed E-state index contributed by atoms with van der Waals surface area (Å²) in [6, 6.07) is 3.40. The van der Waals surface area contributed by atoms with Crippen LogP contribution in [0.4, 0.5) is 5.82 Å². The second-order valence-electron chi connectivity index (χ2n) is 6.66. The third-order valence-electron chi connectivity index (χ3n) is 4.01. The first-order valence-corrected chi connectivity index (χ1v) is 7.32. The minimum Gasteiger partial charge on any atom is -0.478 e. The van der Waals surface area contributed by atoms with Crippen LogP contribution in [-0.4, -0.2) is 29.1 Å². The SMILES string of the molecule is CCC1CCN(c2cc(C(=O)O)cc(C(C)(C)C)n2)C1.